The average Bonchev–Trinajstić information content (AvgIpc) is 2.33. The summed E-state index contributed by atoms with van der Waals surface area (Å²) in [7, 11) is 1.95. The Labute approximate surface area is 99.9 Å². The van der Waals surface area contributed by atoms with Crippen molar-refractivity contribution >= 4 is 5.97 Å². The predicted octanol–water partition coefficient (Wildman–Crippen LogP) is 2.28. The molecule has 1 heterocycles. The molecule has 0 amide bonds. The minimum Gasteiger partial charge on any atom is -0.478 e. The van der Waals surface area contributed by atoms with E-state index in [2.05, 4.69) is 4.90 Å². The minimum atomic E-state index is -1.50. The molecule has 1 aromatic rings. The molecule has 1 saturated heterocycles. The van der Waals surface area contributed by atoms with E-state index < -0.39 is 11.6 Å². The highest BCUT2D eigenvalue weighted by Crippen LogP contribution is 2.38. The van der Waals surface area contributed by atoms with Crippen LogP contribution >= 0.6 is 0 Å². The number of carboxylic acid groups (broad SMARTS) is 1. The van der Waals surface area contributed by atoms with Crippen LogP contribution in [0.1, 0.15) is 28.8 Å². The molecule has 17 heavy (non-hydrogen) atoms. The quantitative estimate of drug-likeness (QED) is 0.857. The maximum atomic E-state index is 14.8. The van der Waals surface area contributed by atoms with Crippen LogP contribution < -0.4 is 0 Å². The van der Waals surface area contributed by atoms with Gasteiger partial charge in [-0.3, -0.25) is 0 Å². The van der Waals surface area contributed by atoms with Gasteiger partial charge in [-0.2, -0.15) is 0 Å². The number of aromatic carboxylic acids is 1. The molecule has 1 aromatic carbocycles. The maximum Gasteiger partial charge on any atom is 0.336 e. The molecule has 2 rings (SSSR count). The first-order valence-electron chi connectivity index (χ1n) is 5.73. The summed E-state index contributed by atoms with van der Waals surface area (Å²) >= 11 is 0. The second-order valence-electron chi connectivity index (χ2n) is 4.62. The molecule has 1 N–H and O–H groups in total. The van der Waals surface area contributed by atoms with Crippen LogP contribution in [0.25, 0.3) is 0 Å². The van der Waals surface area contributed by atoms with E-state index in [4.69, 9.17) is 5.11 Å². The van der Waals surface area contributed by atoms with Crippen LogP contribution in [-0.2, 0) is 5.67 Å². The lowest BCUT2D eigenvalue weighted by Crippen LogP contribution is -2.38. The first kappa shape index (κ1) is 12.0. The van der Waals surface area contributed by atoms with Gasteiger partial charge in [-0.15, -0.1) is 0 Å². The number of rotatable bonds is 2. The van der Waals surface area contributed by atoms with Gasteiger partial charge in [-0.1, -0.05) is 18.2 Å². The number of halogens is 1. The summed E-state index contributed by atoms with van der Waals surface area (Å²) in [6.07, 6.45) is 0.710. The molecule has 0 spiro atoms. The number of piperidine rings is 1. The van der Waals surface area contributed by atoms with Crippen molar-refractivity contribution in [3.8, 4) is 0 Å². The summed E-state index contributed by atoms with van der Waals surface area (Å²) in [6.45, 7) is 1.31. The molecule has 0 unspecified atom stereocenters. The number of nitrogens with zero attached hydrogens (tertiary/aromatic N) is 1. The Morgan fingerprint density at radius 3 is 2.53 bits per heavy atom. The van der Waals surface area contributed by atoms with Gasteiger partial charge < -0.3 is 10.0 Å². The summed E-state index contributed by atoms with van der Waals surface area (Å²) in [5.41, 5.74) is -1.10. The van der Waals surface area contributed by atoms with Gasteiger partial charge in [0.15, 0.2) is 0 Å². The Kier molecular flexibility index (Phi) is 3.15. The largest absolute Gasteiger partial charge is 0.478 e. The molecule has 0 aliphatic carbocycles. The fourth-order valence-corrected chi connectivity index (χ4v) is 2.30. The average molecular weight is 237 g/mol. The molecule has 3 nitrogen and oxygen atoms in total. The lowest BCUT2D eigenvalue weighted by Gasteiger charge is -2.35. The van der Waals surface area contributed by atoms with Gasteiger partial charge in [0.2, 0.25) is 0 Å². The number of carboxylic acids is 1. The van der Waals surface area contributed by atoms with E-state index >= 15 is 0 Å². The highest BCUT2D eigenvalue weighted by atomic mass is 19.1. The Bertz CT molecular complexity index is 425. The van der Waals surface area contributed by atoms with Gasteiger partial charge in [0.25, 0.3) is 0 Å². The van der Waals surface area contributed by atoms with Crippen molar-refractivity contribution in [2.75, 3.05) is 20.1 Å². The predicted molar refractivity (Wildman–Crippen MR) is 62.9 cm³/mol. The van der Waals surface area contributed by atoms with Gasteiger partial charge in [0, 0.05) is 18.7 Å². The zero-order valence-electron chi connectivity index (χ0n) is 9.82. The summed E-state index contributed by atoms with van der Waals surface area (Å²) in [5, 5.41) is 9.09. The highest BCUT2D eigenvalue weighted by Gasteiger charge is 2.37. The van der Waals surface area contributed by atoms with Crippen molar-refractivity contribution in [3.63, 3.8) is 0 Å². The van der Waals surface area contributed by atoms with E-state index in [1.807, 2.05) is 7.05 Å². The van der Waals surface area contributed by atoms with Crippen molar-refractivity contribution in [3.05, 3.63) is 35.4 Å². The van der Waals surface area contributed by atoms with E-state index in [1.54, 1.807) is 18.2 Å². The Balaban J connectivity index is 2.36. The minimum absolute atomic E-state index is 0.0829. The highest BCUT2D eigenvalue weighted by molar-refractivity contribution is 5.89. The molecule has 0 bridgehead atoms. The van der Waals surface area contributed by atoms with Crippen LogP contribution in [0.15, 0.2) is 24.3 Å². The smallest absolute Gasteiger partial charge is 0.336 e. The molecule has 92 valence electrons. The summed E-state index contributed by atoms with van der Waals surface area (Å²) in [6, 6.07) is 6.39. The zero-order valence-corrected chi connectivity index (χ0v) is 9.82. The molecule has 0 atom stereocenters. The van der Waals surface area contributed by atoms with Crippen molar-refractivity contribution < 1.29 is 14.3 Å². The van der Waals surface area contributed by atoms with Crippen LogP contribution in [0, 0.1) is 0 Å². The standard InChI is InChI=1S/C13H16FNO2/c1-15-8-6-13(14,7-9-15)11-5-3-2-4-10(11)12(16)17/h2-5H,6-9H2,1H3,(H,16,17). The molecule has 0 aromatic heterocycles. The monoisotopic (exact) mass is 237 g/mol. The Morgan fingerprint density at radius 2 is 1.94 bits per heavy atom. The fraction of sp³-hybridized carbons (Fsp3) is 0.462. The van der Waals surface area contributed by atoms with Crippen LogP contribution in [0.4, 0.5) is 4.39 Å². The van der Waals surface area contributed by atoms with Crippen LogP contribution in [0.2, 0.25) is 0 Å². The summed E-state index contributed by atoms with van der Waals surface area (Å²) in [5.74, 6) is -1.06. The van der Waals surface area contributed by atoms with Crippen molar-refractivity contribution in [1.29, 1.82) is 0 Å². The number of hydrogen-bond acceptors (Lipinski definition) is 2. The van der Waals surface area contributed by atoms with Crippen molar-refractivity contribution in [2.24, 2.45) is 0 Å². The first-order valence-corrected chi connectivity index (χ1v) is 5.73. The zero-order chi connectivity index (χ0) is 12.5. The van der Waals surface area contributed by atoms with E-state index in [-0.39, 0.29) is 5.56 Å². The normalized spacial score (nSPS) is 20.1. The fourth-order valence-electron chi connectivity index (χ4n) is 2.30. The van der Waals surface area contributed by atoms with Gasteiger partial charge in [-0.25, -0.2) is 9.18 Å². The first-order chi connectivity index (χ1) is 8.03. The van der Waals surface area contributed by atoms with Crippen LogP contribution in [0.3, 0.4) is 0 Å². The number of likely N-dealkylation sites (tertiary alicyclic amines) is 1. The molecule has 4 heteroatoms. The van der Waals surface area contributed by atoms with Gasteiger partial charge >= 0.3 is 5.97 Å². The van der Waals surface area contributed by atoms with Crippen LogP contribution in [0.5, 0.6) is 0 Å². The molecule has 1 fully saturated rings. The number of alkyl halides is 1. The third kappa shape index (κ3) is 2.31. The lowest BCUT2D eigenvalue weighted by molar-refractivity contribution is 0.0592. The summed E-state index contributed by atoms with van der Waals surface area (Å²) < 4.78 is 14.8. The van der Waals surface area contributed by atoms with E-state index in [0.29, 0.717) is 31.5 Å². The molecule has 1 aliphatic rings. The number of hydrogen-bond donors (Lipinski definition) is 1. The van der Waals surface area contributed by atoms with E-state index in [9.17, 15) is 9.18 Å². The lowest BCUT2D eigenvalue weighted by atomic mass is 9.83. The topological polar surface area (TPSA) is 40.5 Å². The third-order valence-corrected chi connectivity index (χ3v) is 3.42. The van der Waals surface area contributed by atoms with Gasteiger partial charge in [-0.05, 0) is 26.0 Å². The molecule has 0 radical (unpaired) electrons. The Morgan fingerprint density at radius 1 is 1.35 bits per heavy atom. The number of carbonyl (C=O) groups is 1. The van der Waals surface area contributed by atoms with E-state index in [1.165, 1.54) is 6.07 Å². The maximum absolute atomic E-state index is 14.8. The summed E-state index contributed by atoms with van der Waals surface area (Å²) in [4.78, 5) is 13.2. The van der Waals surface area contributed by atoms with Crippen molar-refractivity contribution in [1.82, 2.24) is 4.90 Å². The Hall–Kier alpha value is -1.42. The molecular formula is C13H16FNO2. The number of benzene rings is 1. The molecule has 1 aliphatic heterocycles. The SMILES string of the molecule is CN1CCC(F)(c2ccccc2C(=O)O)CC1. The second-order valence-corrected chi connectivity index (χ2v) is 4.62. The van der Waals surface area contributed by atoms with Gasteiger partial charge in [0.1, 0.15) is 5.67 Å². The second kappa shape index (κ2) is 4.45. The third-order valence-electron chi connectivity index (χ3n) is 3.42. The van der Waals surface area contributed by atoms with Crippen LogP contribution in [-0.4, -0.2) is 36.1 Å². The van der Waals surface area contributed by atoms with Gasteiger partial charge in [0.05, 0.1) is 5.56 Å². The molecule has 0 saturated carbocycles. The van der Waals surface area contributed by atoms with Crippen molar-refractivity contribution in [2.45, 2.75) is 18.5 Å². The molecular weight excluding hydrogens is 221 g/mol. The van der Waals surface area contributed by atoms with E-state index in [0.717, 1.165) is 0 Å².